The largest absolute Gasteiger partial charge is 0.325 e. The molecule has 138 valence electrons. The number of carbonyl (C=O) groups excluding carboxylic acids is 2. The van der Waals surface area contributed by atoms with Gasteiger partial charge in [-0.25, -0.2) is 4.98 Å². The third-order valence-corrected chi connectivity index (χ3v) is 4.88. The molecule has 2 aromatic carbocycles. The molecule has 27 heavy (non-hydrogen) atoms. The van der Waals surface area contributed by atoms with E-state index in [1.807, 2.05) is 13.0 Å². The van der Waals surface area contributed by atoms with Crippen molar-refractivity contribution in [2.45, 2.75) is 12.1 Å². The van der Waals surface area contributed by atoms with Crippen LogP contribution in [0.5, 0.6) is 0 Å². The molecule has 3 aromatic rings. The summed E-state index contributed by atoms with van der Waals surface area (Å²) in [7, 11) is 0. The Labute approximate surface area is 164 Å². The second-order valence-electron chi connectivity index (χ2n) is 5.62. The zero-order chi connectivity index (χ0) is 19.2. The molecule has 1 heterocycles. The summed E-state index contributed by atoms with van der Waals surface area (Å²) in [6.07, 6.45) is 1.38. The summed E-state index contributed by atoms with van der Waals surface area (Å²) in [4.78, 5) is 28.2. The van der Waals surface area contributed by atoms with Gasteiger partial charge in [-0.3, -0.25) is 14.7 Å². The average Bonchev–Trinajstić information content (AvgIpc) is 3.17. The second kappa shape index (κ2) is 8.70. The first-order valence-corrected chi connectivity index (χ1v) is 9.33. The maximum atomic E-state index is 12.3. The number of nitrogens with one attached hydrogen (secondary N) is 3. The molecule has 0 atom stereocenters. The quantitative estimate of drug-likeness (QED) is 0.546. The number of aromatic nitrogens is 3. The van der Waals surface area contributed by atoms with Crippen LogP contribution in [-0.4, -0.2) is 32.7 Å². The highest BCUT2D eigenvalue weighted by Gasteiger charge is 2.09. The van der Waals surface area contributed by atoms with E-state index < -0.39 is 0 Å². The van der Waals surface area contributed by atoms with E-state index in [0.29, 0.717) is 27.1 Å². The molecule has 2 amide bonds. The fraction of sp³-hybridized carbons (Fsp3) is 0.111. The highest BCUT2D eigenvalue weighted by Crippen LogP contribution is 2.21. The van der Waals surface area contributed by atoms with Gasteiger partial charge in [0.05, 0.1) is 5.75 Å². The van der Waals surface area contributed by atoms with Crippen LogP contribution in [0.1, 0.15) is 15.9 Å². The third kappa shape index (κ3) is 5.32. The molecule has 0 saturated heterocycles. The maximum Gasteiger partial charge on any atom is 0.255 e. The summed E-state index contributed by atoms with van der Waals surface area (Å²) in [6.45, 7) is 1.89. The highest BCUT2D eigenvalue weighted by molar-refractivity contribution is 7.99. The van der Waals surface area contributed by atoms with Crippen molar-refractivity contribution < 1.29 is 9.59 Å². The van der Waals surface area contributed by atoms with Crippen LogP contribution in [0, 0.1) is 6.92 Å². The Morgan fingerprint density at radius 1 is 1.11 bits per heavy atom. The third-order valence-electron chi connectivity index (χ3n) is 3.59. The number of H-pyrrole nitrogens is 1. The zero-order valence-electron chi connectivity index (χ0n) is 14.3. The standard InChI is InChI=1S/C18H16ClN5O2S/c1-11-2-5-14(8-15(11)19)23-17(26)12-3-6-13(7-4-12)22-16(25)9-27-18-20-10-21-24-18/h2-8,10H,9H2,1H3,(H,22,25)(H,23,26)(H,20,21,24). The van der Waals surface area contributed by atoms with Crippen LogP contribution in [0.4, 0.5) is 11.4 Å². The molecule has 3 N–H and O–H groups in total. The minimum atomic E-state index is -0.256. The molecule has 0 aliphatic carbocycles. The normalized spacial score (nSPS) is 10.4. The fourth-order valence-corrected chi connectivity index (χ4v) is 2.93. The lowest BCUT2D eigenvalue weighted by Crippen LogP contribution is -2.15. The van der Waals surface area contributed by atoms with Gasteiger partial charge in [-0.05, 0) is 48.9 Å². The number of anilines is 2. The number of nitrogens with zero attached hydrogens (tertiary/aromatic N) is 2. The lowest BCUT2D eigenvalue weighted by molar-refractivity contribution is -0.113. The molecule has 0 bridgehead atoms. The molecule has 0 saturated carbocycles. The molecular weight excluding hydrogens is 386 g/mol. The number of carbonyl (C=O) groups is 2. The van der Waals surface area contributed by atoms with E-state index in [-0.39, 0.29) is 17.6 Å². The molecule has 7 nitrogen and oxygen atoms in total. The lowest BCUT2D eigenvalue weighted by Gasteiger charge is -2.08. The Morgan fingerprint density at radius 3 is 2.52 bits per heavy atom. The Bertz CT molecular complexity index is 945. The Hall–Kier alpha value is -2.84. The van der Waals surface area contributed by atoms with Crippen LogP contribution in [-0.2, 0) is 4.79 Å². The number of amides is 2. The van der Waals surface area contributed by atoms with Crippen molar-refractivity contribution in [3.05, 3.63) is 64.9 Å². The SMILES string of the molecule is Cc1ccc(NC(=O)c2ccc(NC(=O)CSc3ncn[nH]3)cc2)cc1Cl. The number of aryl methyl sites for hydroxylation is 1. The number of thioether (sulfide) groups is 1. The molecule has 0 radical (unpaired) electrons. The average molecular weight is 402 g/mol. The van der Waals surface area contributed by atoms with Crippen molar-refractivity contribution in [2.24, 2.45) is 0 Å². The number of benzene rings is 2. The van der Waals surface area contributed by atoms with Crippen molar-refractivity contribution >= 4 is 46.6 Å². The number of hydrogen-bond acceptors (Lipinski definition) is 5. The van der Waals surface area contributed by atoms with E-state index in [4.69, 9.17) is 11.6 Å². The second-order valence-corrected chi connectivity index (χ2v) is 6.99. The maximum absolute atomic E-state index is 12.3. The minimum Gasteiger partial charge on any atom is -0.325 e. The van der Waals surface area contributed by atoms with Crippen LogP contribution in [0.2, 0.25) is 5.02 Å². The van der Waals surface area contributed by atoms with Gasteiger partial charge < -0.3 is 10.6 Å². The highest BCUT2D eigenvalue weighted by atomic mass is 35.5. The van der Waals surface area contributed by atoms with Gasteiger partial charge in [0.1, 0.15) is 6.33 Å². The summed E-state index contributed by atoms with van der Waals surface area (Å²) < 4.78 is 0. The van der Waals surface area contributed by atoms with Crippen molar-refractivity contribution in [2.75, 3.05) is 16.4 Å². The van der Waals surface area contributed by atoms with Crippen LogP contribution >= 0.6 is 23.4 Å². The van der Waals surface area contributed by atoms with E-state index in [0.717, 1.165) is 5.56 Å². The minimum absolute atomic E-state index is 0.178. The predicted molar refractivity (Wildman–Crippen MR) is 106 cm³/mol. The van der Waals surface area contributed by atoms with Gasteiger partial charge in [-0.1, -0.05) is 29.4 Å². The molecule has 0 unspecified atom stereocenters. The van der Waals surface area contributed by atoms with Crippen molar-refractivity contribution in [3.8, 4) is 0 Å². The summed E-state index contributed by atoms with van der Waals surface area (Å²) in [5.41, 5.74) is 2.64. The van der Waals surface area contributed by atoms with E-state index in [1.165, 1.54) is 18.1 Å². The lowest BCUT2D eigenvalue weighted by atomic mass is 10.1. The van der Waals surface area contributed by atoms with Crippen LogP contribution < -0.4 is 10.6 Å². The Balaban J connectivity index is 1.55. The first-order valence-electron chi connectivity index (χ1n) is 7.97. The van der Waals surface area contributed by atoms with Gasteiger partial charge in [-0.2, -0.15) is 5.10 Å². The molecule has 3 rings (SSSR count). The van der Waals surface area contributed by atoms with Crippen LogP contribution in [0.15, 0.2) is 53.9 Å². The van der Waals surface area contributed by atoms with E-state index in [1.54, 1.807) is 36.4 Å². The summed E-state index contributed by atoms with van der Waals surface area (Å²) in [6, 6.07) is 12.0. The number of rotatable bonds is 6. The van der Waals surface area contributed by atoms with E-state index in [9.17, 15) is 9.59 Å². The predicted octanol–water partition coefficient (Wildman–Crippen LogP) is 3.75. The van der Waals surface area contributed by atoms with Gasteiger partial charge >= 0.3 is 0 Å². The van der Waals surface area contributed by atoms with Gasteiger partial charge in [0.15, 0.2) is 5.16 Å². The fourth-order valence-electron chi connectivity index (χ4n) is 2.17. The molecule has 0 fully saturated rings. The van der Waals surface area contributed by atoms with Gasteiger partial charge in [-0.15, -0.1) is 0 Å². The molecular formula is C18H16ClN5O2S. The molecule has 0 spiro atoms. The monoisotopic (exact) mass is 401 g/mol. The first-order chi connectivity index (χ1) is 13.0. The van der Waals surface area contributed by atoms with Gasteiger partial charge in [0.25, 0.3) is 5.91 Å². The number of halogens is 1. The van der Waals surface area contributed by atoms with Gasteiger partial charge in [0, 0.05) is 22.0 Å². The molecule has 1 aromatic heterocycles. The smallest absolute Gasteiger partial charge is 0.255 e. The Kier molecular flexibility index (Phi) is 6.10. The van der Waals surface area contributed by atoms with E-state index >= 15 is 0 Å². The summed E-state index contributed by atoms with van der Waals surface area (Å²) >= 11 is 7.32. The molecule has 9 heteroatoms. The molecule has 0 aliphatic heterocycles. The van der Waals surface area contributed by atoms with Crippen molar-refractivity contribution in [1.82, 2.24) is 15.2 Å². The summed E-state index contributed by atoms with van der Waals surface area (Å²) in [5.74, 6) is -0.234. The first kappa shape index (κ1) is 18.9. The Morgan fingerprint density at radius 2 is 1.85 bits per heavy atom. The van der Waals surface area contributed by atoms with Crippen LogP contribution in [0.25, 0.3) is 0 Å². The summed E-state index contributed by atoms with van der Waals surface area (Å²) in [5, 5.41) is 13.1. The van der Waals surface area contributed by atoms with Crippen molar-refractivity contribution in [3.63, 3.8) is 0 Å². The van der Waals surface area contributed by atoms with Crippen molar-refractivity contribution in [1.29, 1.82) is 0 Å². The number of hydrogen-bond donors (Lipinski definition) is 3. The van der Waals surface area contributed by atoms with Crippen LogP contribution in [0.3, 0.4) is 0 Å². The molecule has 0 aliphatic rings. The zero-order valence-corrected chi connectivity index (χ0v) is 15.9. The van der Waals surface area contributed by atoms with Gasteiger partial charge in [0.2, 0.25) is 5.91 Å². The topological polar surface area (TPSA) is 99.8 Å². The number of aromatic amines is 1. The van der Waals surface area contributed by atoms with E-state index in [2.05, 4.69) is 25.8 Å².